The van der Waals surface area contributed by atoms with Crippen molar-refractivity contribution in [1.29, 1.82) is 0 Å². The lowest BCUT2D eigenvalue weighted by Gasteiger charge is -2.22. The molecule has 0 unspecified atom stereocenters. The van der Waals surface area contributed by atoms with E-state index in [1.165, 1.54) is 4.90 Å². The molecule has 0 heterocycles. The molecule has 1 aromatic rings. The van der Waals surface area contributed by atoms with Crippen LogP contribution in [0.1, 0.15) is 13.3 Å². The van der Waals surface area contributed by atoms with Crippen LogP contribution >= 0.6 is 22.6 Å². The number of anilines is 1. The van der Waals surface area contributed by atoms with Crippen LogP contribution in [0, 0.1) is 19.5 Å². The van der Waals surface area contributed by atoms with Gasteiger partial charge in [-0.1, -0.05) is 0 Å². The molecule has 1 rings (SSSR count). The Labute approximate surface area is 122 Å². The van der Waals surface area contributed by atoms with Crippen LogP contribution in [-0.2, 0) is 4.79 Å². The Bertz CT molecular complexity index is 510. The molecule has 0 aliphatic rings. The summed E-state index contributed by atoms with van der Waals surface area (Å²) < 4.78 is 13.7. The molecule has 1 aromatic carbocycles. The van der Waals surface area contributed by atoms with E-state index < -0.39 is 16.7 Å². The minimum Gasteiger partial charge on any atom is -0.481 e. The predicted octanol–water partition coefficient (Wildman–Crippen LogP) is 2.64. The van der Waals surface area contributed by atoms with Crippen molar-refractivity contribution < 1.29 is 19.2 Å². The molecular formula is C11H12FIN2O4. The van der Waals surface area contributed by atoms with E-state index in [9.17, 15) is 19.3 Å². The molecule has 0 aromatic heterocycles. The van der Waals surface area contributed by atoms with Crippen LogP contribution in [0.15, 0.2) is 12.1 Å². The zero-order chi connectivity index (χ0) is 14.6. The van der Waals surface area contributed by atoms with Gasteiger partial charge in [-0.2, -0.15) is 0 Å². The molecular weight excluding hydrogens is 370 g/mol. The third-order valence-electron chi connectivity index (χ3n) is 2.53. The number of nitro groups is 1. The van der Waals surface area contributed by atoms with Crippen molar-refractivity contribution >= 4 is 39.9 Å². The highest BCUT2D eigenvalue weighted by Gasteiger charge is 2.22. The number of rotatable bonds is 6. The maximum Gasteiger partial charge on any atom is 0.305 e. The van der Waals surface area contributed by atoms with Crippen LogP contribution in [0.2, 0.25) is 0 Å². The largest absolute Gasteiger partial charge is 0.481 e. The average molecular weight is 382 g/mol. The molecule has 0 spiro atoms. The summed E-state index contributed by atoms with van der Waals surface area (Å²) in [6.07, 6.45) is -0.168. The summed E-state index contributed by atoms with van der Waals surface area (Å²) >= 11 is 1.68. The molecule has 6 nitrogen and oxygen atoms in total. The van der Waals surface area contributed by atoms with E-state index in [1.807, 2.05) is 0 Å². The number of halogens is 2. The fourth-order valence-electron chi connectivity index (χ4n) is 1.60. The average Bonchev–Trinajstić information content (AvgIpc) is 2.33. The van der Waals surface area contributed by atoms with Crippen molar-refractivity contribution in [3.05, 3.63) is 31.6 Å². The van der Waals surface area contributed by atoms with E-state index in [0.29, 0.717) is 6.54 Å². The summed E-state index contributed by atoms with van der Waals surface area (Å²) in [5, 5.41) is 19.6. The summed E-state index contributed by atoms with van der Waals surface area (Å²) in [5.74, 6) is -1.57. The lowest BCUT2D eigenvalue weighted by molar-refractivity contribution is -0.384. The third kappa shape index (κ3) is 4.01. The molecule has 0 aliphatic heterocycles. The highest BCUT2D eigenvalue weighted by molar-refractivity contribution is 14.1. The molecule has 0 saturated heterocycles. The zero-order valence-corrected chi connectivity index (χ0v) is 12.3. The molecule has 104 valence electrons. The molecule has 19 heavy (non-hydrogen) atoms. The number of nitro benzene ring substituents is 1. The Hall–Kier alpha value is -1.45. The summed E-state index contributed by atoms with van der Waals surface area (Å²) in [7, 11) is 0. The van der Waals surface area contributed by atoms with Crippen molar-refractivity contribution in [1.82, 2.24) is 0 Å². The first-order chi connectivity index (χ1) is 8.86. The molecule has 0 aliphatic carbocycles. The Morgan fingerprint density at radius 1 is 1.58 bits per heavy atom. The van der Waals surface area contributed by atoms with Gasteiger partial charge in [-0.15, -0.1) is 0 Å². The van der Waals surface area contributed by atoms with Crippen LogP contribution in [0.4, 0.5) is 15.8 Å². The number of hydrogen-bond donors (Lipinski definition) is 1. The summed E-state index contributed by atoms with van der Waals surface area (Å²) in [6, 6.07) is 2.22. The highest BCUT2D eigenvalue weighted by atomic mass is 127. The minimum atomic E-state index is -1.01. The standard InChI is InChI=1S/C11H12FIN2O4/c1-2-14(4-3-11(16)17)9-5-7(12)8(13)6-10(9)15(18)19/h5-6H,2-4H2,1H3,(H,16,17). The van der Waals surface area contributed by atoms with Crippen LogP contribution in [0.5, 0.6) is 0 Å². The Morgan fingerprint density at radius 2 is 2.21 bits per heavy atom. The third-order valence-corrected chi connectivity index (χ3v) is 3.36. The van der Waals surface area contributed by atoms with Gasteiger partial charge in [0.2, 0.25) is 0 Å². The first kappa shape index (κ1) is 15.6. The van der Waals surface area contributed by atoms with Gasteiger partial charge in [0.15, 0.2) is 0 Å². The van der Waals surface area contributed by atoms with E-state index in [-0.39, 0.29) is 27.9 Å². The lowest BCUT2D eigenvalue weighted by Crippen LogP contribution is -2.26. The van der Waals surface area contributed by atoms with Crippen molar-refractivity contribution in [3.8, 4) is 0 Å². The Balaban J connectivity index is 3.17. The molecule has 0 saturated carbocycles. The van der Waals surface area contributed by atoms with Gasteiger partial charge >= 0.3 is 5.97 Å². The van der Waals surface area contributed by atoms with E-state index in [2.05, 4.69) is 0 Å². The summed E-state index contributed by atoms with van der Waals surface area (Å²) in [5.41, 5.74) is -0.121. The van der Waals surface area contributed by atoms with Gasteiger partial charge in [-0.3, -0.25) is 14.9 Å². The van der Waals surface area contributed by atoms with E-state index in [4.69, 9.17) is 5.11 Å². The molecule has 0 bridgehead atoms. The molecule has 1 N–H and O–H groups in total. The van der Waals surface area contributed by atoms with Gasteiger partial charge in [0.1, 0.15) is 11.5 Å². The minimum absolute atomic E-state index is 0.0900. The van der Waals surface area contributed by atoms with Crippen molar-refractivity contribution in [3.63, 3.8) is 0 Å². The topological polar surface area (TPSA) is 83.7 Å². The first-order valence-corrected chi connectivity index (χ1v) is 6.54. The van der Waals surface area contributed by atoms with E-state index in [1.54, 1.807) is 29.5 Å². The van der Waals surface area contributed by atoms with Crippen molar-refractivity contribution in [2.75, 3.05) is 18.0 Å². The number of nitrogens with zero attached hydrogens (tertiary/aromatic N) is 2. The number of hydrogen-bond acceptors (Lipinski definition) is 4. The first-order valence-electron chi connectivity index (χ1n) is 5.47. The maximum atomic E-state index is 13.5. The van der Waals surface area contributed by atoms with Crippen LogP contribution in [-0.4, -0.2) is 29.1 Å². The normalized spacial score (nSPS) is 10.3. The van der Waals surface area contributed by atoms with Gasteiger partial charge in [0, 0.05) is 25.2 Å². The number of aliphatic carboxylic acids is 1. The number of carbonyl (C=O) groups is 1. The number of carboxylic acid groups (broad SMARTS) is 1. The molecule has 0 fully saturated rings. The number of benzene rings is 1. The number of carboxylic acids is 1. The fraction of sp³-hybridized carbons (Fsp3) is 0.364. The Kier molecular flexibility index (Phi) is 5.45. The SMILES string of the molecule is CCN(CCC(=O)O)c1cc(F)c(I)cc1[N+](=O)[O-]. The Morgan fingerprint density at radius 3 is 2.68 bits per heavy atom. The summed E-state index contributed by atoms with van der Waals surface area (Å²) in [4.78, 5) is 22.4. The zero-order valence-electron chi connectivity index (χ0n) is 10.1. The molecule has 0 atom stereocenters. The fourth-order valence-corrected chi connectivity index (χ4v) is 2.06. The lowest BCUT2D eigenvalue weighted by atomic mass is 10.2. The maximum absolute atomic E-state index is 13.5. The van der Waals surface area contributed by atoms with Crippen molar-refractivity contribution in [2.24, 2.45) is 0 Å². The van der Waals surface area contributed by atoms with Gasteiger partial charge in [0.25, 0.3) is 5.69 Å². The summed E-state index contributed by atoms with van der Waals surface area (Å²) in [6.45, 7) is 2.17. The van der Waals surface area contributed by atoms with Crippen LogP contribution in [0.25, 0.3) is 0 Å². The molecule has 0 amide bonds. The second-order valence-corrected chi connectivity index (χ2v) is 4.90. The van der Waals surface area contributed by atoms with Gasteiger partial charge in [-0.05, 0) is 29.5 Å². The van der Waals surface area contributed by atoms with Crippen LogP contribution in [0.3, 0.4) is 0 Å². The van der Waals surface area contributed by atoms with Crippen molar-refractivity contribution in [2.45, 2.75) is 13.3 Å². The quantitative estimate of drug-likeness (QED) is 0.465. The smallest absolute Gasteiger partial charge is 0.305 e. The van der Waals surface area contributed by atoms with Crippen LogP contribution < -0.4 is 4.90 Å². The molecule has 8 heteroatoms. The van der Waals surface area contributed by atoms with Gasteiger partial charge < -0.3 is 10.0 Å². The van der Waals surface area contributed by atoms with Gasteiger partial charge in [-0.25, -0.2) is 4.39 Å². The second kappa shape index (κ2) is 6.64. The van der Waals surface area contributed by atoms with E-state index in [0.717, 1.165) is 12.1 Å². The predicted molar refractivity (Wildman–Crippen MR) is 75.9 cm³/mol. The van der Waals surface area contributed by atoms with E-state index >= 15 is 0 Å². The molecule has 0 radical (unpaired) electrons. The monoisotopic (exact) mass is 382 g/mol. The second-order valence-electron chi connectivity index (χ2n) is 3.74. The highest BCUT2D eigenvalue weighted by Crippen LogP contribution is 2.31. The van der Waals surface area contributed by atoms with Gasteiger partial charge in [0.05, 0.1) is 14.9 Å².